The highest BCUT2D eigenvalue weighted by Crippen LogP contribution is 2.44. The van der Waals surface area contributed by atoms with Crippen LogP contribution in [-0.4, -0.2) is 32.9 Å². The summed E-state index contributed by atoms with van der Waals surface area (Å²) in [6.07, 6.45) is 0. The molecule has 1 aliphatic rings. The van der Waals surface area contributed by atoms with E-state index in [9.17, 15) is 13.0 Å². The second kappa shape index (κ2) is 17.0. The number of ether oxygens (including phenoxy) is 4. The predicted molar refractivity (Wildman–Crippen MR) is 272 cm³/mol. The second-order valence-corrected chi connectivity index (χ2v) is 18.1. The number of hydrogen-bond donors (Lipinski definition) is 5. The quantitative estimate of drug-likeness (QED) is 0.0885. The zero-order chi connectivity index (χ0) is 48.3. The summed E-state index contributed by atoms with van der Waals surface area (Å²) >= 11 is 0. The lowest BCUT2D eigenvalue weighted by molar-refractivity contribution is 0.453. The van der Waals surface area contributed by atoms with Crippen LogP contribution >= 0.6 is 0 Å². The SMILES string of the molecule is O=S(=O)(O)c1ccc2c3[nH]c(c2c1Oc1ccccc1)=Nc1[nH]c(c2c(Oc4ccccc4)cccc12)N=c1[nH]c(c2c(Oc4ccccc4)cccc12)=Nc1[nH]c(c2c(Oc4ccccc4)cccc12)N=3. The average Bonchev–Trinajstić information content (AvgIpc) is 4.14. The molecule has 16 heteroatoms. The van der Waals surface area contributed by atoms with Gasteiger partial charge in [0.25, 0.3) is 10.1 Å². The highest BCUT2D eigenvalue weighted by molar-refractivity contribution is 7.86. The number of fused-ring (bicyclic) bond motifs is 20. The highest BCUT2D eigenvalue weighted by atomic mass is 32.2. The number of hydrogen-bond acceptors (Lipinski definition) is 10. The molecule has 72 heavy (non-hydrogen) atoms. The third kappa shape index (κ3) is 7.56. The minimum absolute atomic E-state index is 0.146. The highest BCUT2D eigenvalue weighted by Gasteiger charge is 2.25. The van der Waals surface area contributed by atoms with Gasteiger partial charge in [0.2, 0.25) is 0 Å². The molecular formula is C56H36N8O7S. The van der Waals surface area contributed by atoms with Gasteiger partial charge in [-0.05, 0) is 78.9 Å². The van der Waals surface area contributed by atoms with Crippen LogP contribution in [0.15, 0.2) is 213 Å². The smallest absolute Gasteiger partial charge is 0.298 e. The third-order valence-corrected chi connectivity index (χ3v) is 13.0. The first-order valence-corrected chi connectivity index (χ1v) is 24.1. The van der Waals surface area contributed by atoms with Gasteiger partial charge in [-0.15, -0.1) is 0 Å². The van der Waals surface area contributed by atoms with Gasteiger partial charge in [0.1, 0.15) is 90.4 Å². The molecule has 0 amide bonds. The Morgan fingerprint density at radius 3 is 1.15 bits per heavy atom. The minimum Gasteiger partial charge on any atom is -0.457 e. The van der Waals surface area contributed by atoms with Crippen LogP contribution in [0.25, 0.3) is 43.1 Å². The van der Waals surface area contributed by atoms with E-state index < -0.39 is 15.0 Å². The zero-order valence-corrected chi connectivity index (χ0v) is 38.3. The molecule has 0 aliphatic carbocycles. The Morgan fingerprint density at radius 2 is 0.708 bits per heavy atom. The van der Waals surface area contributed by atoms with E-state index in [1.807, 2.05) is 152 Å². The standard InChI is InChI=1S/C56H36N8O7S/c65-72(66,67)43-31-30-39-47(48(43)71-35-22-11-4-12-23-35)56-63-51-38-26-15-29-42(70-34-20-9-3-10-21-34)46(38)54(61-51)59-49-36-24-13-27-40(68-32-16-5-1-6-17-32)44(36)53(57-49)58-50-37-25-14-28-41(69-33-18-7-2-8-19-33)45(37)55(60-50)62-52(39)64-56/h1-31H,(H,65,66,67)(H4,57,58,59,60,61,62,63,64). The molecule has 0 spiro atoms. The van der Waals surface area contributed by atoms with Crippen LogP contribution in [-0.2, 0) is 10.1 Å². The van der Waals surface area contributed by atoms with Crippen molar-refractivity contribution in [1.82, 2.24) is 19.9 Å². The first-order chi connectivity index (χ1) is 35.3. The van der Waals surface area contributed by atoms with Crippen LogP contribution in [0, 0.1) is 0 Å². The van der Waals surface area contributed by atoms with Crippen molar-refractivity contribution in [2.75, 3.05) is 0 Å². The molecule has 0 atom stereocenters. The third-order valence-electron chi connectivity index (χ3n) is 12.2. The topological polar surface area (TPSA) is 204 Å². The van der Waals surface area contributed by atoms with Crippen molar-refractivity contribution < 1.29 is 31.9 Å². The largest absolute Gasteiger partial charge is 0.457 e. The number of para-hydroxylation sites is 4. The molecule has 8 bridgehead atoms. The molecule has 15 nitrogen and oxygen atoms in total. The minimum atomic E-state index is -4.87. The van der Waals surface area contributed by atoms with Crippen LogP contribution in [0.2, 0.25) is 0 Å². The van der Waals surface area contributed by atoms with Gasteiger partial charge in [0.15, 0.2) is 5.75 Å². The van der Waals surface area contributed by atoms with Crippen molar-refractivity contribution in [2.45, 2.75) is 4.90 Å². The number of benzene rings is 8. The molecule has 348 valence electrons. The Kier molecular flexibility index (Phi) is 10.0. The zero-order valence-electron chi connectivity index (χ0n) is 37.5. The molecule has 13 rings (SSSR count). The lowest BCUT2D eigenvalue weighted by Crippen LogP contribution is -2.11. The summed E-state index contributed by atoms with van der Waals surface area (Å²) in [6, 6.07) is 56.8. The monoisotopic (exact) mass is 964 g/mol. The molecule has 0 saturated carbocycles. The molecule has 0 saturated heterocycles. The molecule has 12 aromatic rings. The maximum Gasteiger partial charge on any atom is 0.298 e. The fraction of sp³-hybridized carbons (Fsp3) is 0. The maximum atomic E-state index is 13.3. The first-order valence-electron chi connectivity index (χ1n) is 22.7. The van der Waals surface area contributed by atoms with E-state index in [1.165, 1.54) is 6.07 Å². The molecule has 5 heterocycles. The van der Waals surface area contributed by atoms with E-state index >= 15 is 0 Å². The Labute approximate surface area is 407 Å². The Bertz CT molecular complexity index is 4430. The number of aromatic nitrogens is 4. The van der Waals surface area contributed by atoms with Crippen LogP contribution in [0.3, 0.4) is 0 Å². The maximum absolute atomic E-state index is 13.3. The molecule has 4 aromatic heterocycles. The second-order valence-electron chi connectivity index (χ2n) is 16.7. The van der Waals surface area contributed by atoms with Gasteiger partial charge in [0, 0.05) is 21.5 Å². The normalized spacial score (nSPS) is 12.2. The summed E-state index contributed by atoms with van der Waals surface area (Å²) in [5.74, 6) is 4.92. The Hall–Kier alpha value is -9.77. The van der Waals surface area contributed by atoms with Crippen LogP contribution in [0.5, 0.6) is 46.0 Å². The van der Waals surface area contributed by atoms with Crippen molar-refractivity contribution in [3.8, 4) is 46.0 Å². The summed E-state index contributed by atoms with van der Waals surface area (Å²) < 4.78 is 63.4. The molecule has 0 fully saturated rings. The van der Waals surface area contributed by atoms with E-state index in [0.29, 0.717) is 112 Å². The number of aromatic amines is 4. The van der Waals surface area contributed by atoms with E-state index in [0.717, 1.165) is 0 Å². The van der Waals surface area contributed by atoms with Crippen LogP contribution < -0.4 is 40.9 Å². The van der Waals surface area contributed by atoms with E-state index in [-0.39, 0.29) is 22.1 Å². The summed E-state index contributed by atoms with van der Waals surface area (Å²) in [5, 5.41) is 4.44. The average molecular weight is 965 g/mol. The lowest BCUT2D eigenvalue weighted by Gasteiger charge is -2.11. The summed E-state index contributed by atoms with van der Waals surface area (Å²) in [4.78, 5) is 34.6. The van der Waals surface area contributed by atoms with Gasteiger partial charge in [-0.25, -0.2) is 20.0 Å². The van der Waals surface area contributed by atoms with Crippen molar-refractivity contribution in [3.63, 3.8) is 0 Å². The van der Waals surface area contributed by atoms with Gasteiger partial charge >= 0.3 is 0 Å². The van der Waals surface area contributed by atoms with E-state index in [4.69, 9.17) is 38.9 Å². The lowest BCUT2D eigenvalue weighted by atomic mass is 10.1. The van der Waals surface area contributed by atoms with E-state index in [2.05, 4.69) is 19.9 Å². The van der Waals surface area contributed by atoms with Gasteiger partial charge in [-0.2, -0.15) is 8.42 Å². The number of nitrogens with zero attached hydrogens (tertiary/aromatic N) is 4. The van der Waals surface area contributed by atoms with Crippen LogP contribution in [0.1, 0.15) is 0 Å². The first kappa shape index (κ1) is 42.3. The molecule has 0 radical (unpaired) electrons. The fourth-order valence-corrected chi connectivity index (χ4v) is 9.65. The van der Waals surface area contributed by atoms with Crippen molar-refractivity contribution >= 4 is 76.5 Å². The van der Waals surface area contributed by atoms with Crippen molar-refractivity contribution in [3.05, 3.63) is 210 Å². The molecule has 0 unspecified atom stereocenters. The Morgan fingerprint density at radius 1 is 0.333 bits per heavy atom. The van der Waals surface area contributed by atoms with Gasteiger partial charge in [-0.3, -0.25) is 4.55 Å². The van der Waals surface area contributed by atoms with Gasteiger partial charge in [-0.1, -0.05) is 109 Å². The predicted octanol–water partition coefficient (Wildman–Crippen LogP) is 12.1. The number of nitrogens with one attached hydrogen (secondary N) is 4. The van der Waals surface area contributed by atoms with E-state index in [1.54, 1.807) is 30.3 Å². The number of H-pyrrole nitrogens is 4. The summed E-state index contributed by atoms with van der Waals surface area (Å²) in [5.41, 5.74) is 1.28. The fourth-order valence-electron chi connectivity index (χ4n) is 9.03. The molecular weight excluding hydrogens is 929 g/mol. The molecule has 8 aromatic carbocycles. The van der Waals surface area contributed by atoms with Crippen molar-refractivity contribution in [1.29, 1.82) is 0 Å². The summed E-state index contributed by atoms with van der Waals surface area (Å²) in [7, 11) is -4.87. The van der Waals surface area contributed by atoms with Gasteiger partial charge in [0.05, 0.1) is 21.5 Å². The van der Waals surface area contributed by atoms with Crippen molar-refractivity contribution in [2.24, 2.45) is 20.0 Å². The number of rotatable bonds is 9. The summed E-state index contributed by atoms with van der Waals surface area (Å²) in [6.45, 7) is 0. The molecule has 5 N–H and O–H groups in total. The Balaban J connectivity index is 1.18. The molecule has 1 aliphatic heterocycles. The van der Waals surface area contributed by atoms with Gasteiger partial charge < -0.3 is 38.9 Å². The van der Waals surface area contributed by atoms with Crippen LogP contribution in [0.4, 0.5) is 23.3 Å².